The number of carboxylic acids is 1. The van der Waals surface area contributed by atoms with Crippen LogP contribution in [0.4, 0.5) is 52.7 Å². The van der Waals surface area contributed by atoms with Crippen LogP contribution in [-0.4, -0.2) is 64.8 Å². The van der Waals surface area contributed by atoms with Gasteiger partial charge in [-0.25, -0.2) is 0 Å². The zero-order valence-corrected chi connectivity index (χ0v) is 20.3. The Morgan fingerprint density at radius 3 is 1.43 bits per heavy atom. The number of carbonyl (C=O) groups is 3. The van der Waals surface area contributed by atoms with E-state index in [9.17, 15) is 72.2 Å². The van der Waals surface area contributed by atoms with E-state index in [-0.39, 0.29) is 29.6 Å². The average Bonchev–Trinajstić information content (AvgIpc) is 2.63. The summed E-state index contributed by atoms with van der Waals surface area (Å²) < 4.78 is 155. The second-order valence-electron chi connectivity index (χ2n) is 6.39. The van der Waals surface area contributed by atoms with E-state index in [0.29, 0.717) is 0 Å². The van der Waals surface area contributed by atoms with Crippen molar-refractivity contribution in [1.82, 2.24) is 10.6 Å². The Bertz CT molecular complexity index is 777. The molecule has 21 heteroatoms. The molecule has 0 aliphatic rings. The molecule has 35 heavy (non-hydrogen) atoms. The summed E-state index contributed by atoms with van der Waals surface area (Å²) in [7, 11) is 0. The molecule has 0 aromatic heterocycles. The molecule has 2 N–H and O–H groups in total. The van der Waals surface area contributed by atoms with E-state index >= 15 is 0 Å². The van der Waals surface area contributed by atoms with Gasteiger partial charge in [-0.3, -0.25) is 9.59 Å². The van der Waals surface area contributed by atoms with Gasteiger partial charge in [0.25, 0.3) is 11.8 Å². The van der Waals surface area contributed by atoms with Crippen LogP contribution in [0.1, 0.15) is 19.3 Å². The van der Waals surface area contributed by atoms with Crippen LogP contribution >= 0.6 is 23.2 Å². The van der Waals surface area contributed by atoms with E-state index < -0.39 is 84.1 Å². The number of nitrogens with one attached hydrogen (secondary N) is 2. The maximum Gasteiger partial charge on any atom is 1.00 e. The summed E-state index contributed by atoms with van der Waals surface area (Å²) in [6, 6.07) is -2.55. The van der Waals surface area contributed by atoms with Crippen molar-refractivity contribution in [3.05, 3.63) is 0 Å². The first-order valence-electron chi connectivity index (χ1n) is 8.30. The van der Waals surface area contributed by atoms with Gasteiger partial charge in [0.15, 0.2) is 0 Å². The first kappa shape index (κ1) is 36.3. The largest absolute Gasteiger partial charge is 1.00 e. The van der Waals surface area contributed by atoms with Crippen LogP contribution in [0.15, 0.2) is 0 Å². The minimum absolute atomic E-state index is 0. The second-order valence-corrected chi connectivity index (χ2v) is 7.34. The molecule has 0 saturated carbocycles. The van der Waals surface area contributed by atoms with Crippen molar-refractivity contribution in [3.8, 4) is 0 Å². The first-order chi connectivity index (χ1) is 14.9. The van der Waals surface area contributed by atoms with Gasteiger partial charge in [-0.1, -0.05) is 0 Å². The van der Waals surface area contributed by atoms with Crippen LogP contribution in [0.5, 0.6) is 0 Å². The van der Waals surface area contributed by atoms with Crippen molar-refractivity contribution in [3.63, 3.8) is 0 Å². The number of halogens is 14. The Kier molecular flexibility index (Phi) is 12.6. The summed E-state index contributed by atoms with van der Waals surface area (Å²) in [5.74, 6) is -33.6. The summed E-state index contributed by atoms with van der Waals surface area (Å²) in [4.78, 5) is 33.2. The molecule has 0 radical (unpaired) electrons. The maximum absolute atomic E-state index is 13.4. The number of carboxylic acid groups (broad SMARTS) is 1. The van der Waals surface area contributed by atoms with Crippen molar-refractivity contribution in [2.24, 2.45) is 0 Å². The molecule has 6 nitrogen and oxygen atoms in total. The van der Waals surface area contributed by atoms with E-state index in [1.54, 1.807) is 0 Å². The molecular formula is C14H11Cl2F12N2NaO4. The van der Waals surface area contributed by atoms with Gasteiger partial charge in [0.2, 0.25) is 0 Å². The molecule has 0 aromatic carbocycles. The van der Waals surface area contributed by atoms with Crippen molar-refractivity contribution in [2.45, 2.75) is 59.8 Å². The molecule has 0 fully saturated rings. The standard InChI is InChI=1S/C14H12Cl2F12N2O4.Na/c15-13(25,26)11(21,22)9(17,18)7(33)29-4-2-1-3-5(6(31)32)30-8(34)10(19,20)12(23,24)14(16,27)28;/h5H,1-4H2,(H,29,33)(H,30,34)(H,31,32);/q;+1/p-1. The third kappa shape index (κ3) is 8.07. The normalized spacial score (nSPS) is 14.6. The van der Waals surface area contributed by atoms with E-state index in [1.807, 2.05) is 0 Å². The number of hydrogen-bond acceptors (Lipinski definition) is 4. The number of hydrogen-bond donors (Lipinski definition) is 2. The Balaban J connectivity index is 0. The van der Waals surface area contributed by atoms with E-state index in [1.165, 1.54) is 0 Å². The van der Waals surface area contributed by atoms with Gasteiger partial charge in [-0.2, -0.15) is 52.7 Å². The van der Waals surface area contributed by atoms with Gasteiger partial charge in [-0.05, 0) is 42.5 Å². The summed E-state index contributed by atoms with van der Waals surface area (Å²) in [5, 5.41) is 0.925. The van der Waals surface area contributed by atoms with Gasteiger partial charge < -0.3 is 20.5 Å². The predicted octanol–water partition coefficient (Wildman–Crippen LogP) is -0.284. The molecule has 0 rings (SSSR count). The Labute approximate surface area is 219 Å². The molecular weight excluding hydrogens is 582 g/mol. The molecule has 0 aliphatic carbocycles. The quantitative estimate of drug-likeness (QED) is 0.133. The molecule has 0 heterocycles. The monoisotopic (exact) mass is 592 g/mol. The fourth-order valence-electron chi connectivity index (χ4n) is 1.93. The van der Waals surface area contributed by atoms with Crippen LogP contribution in [0.25, 0.3) is 0 Å². The van der Waals surface area contributed by atoms with Crippen LogP contribution in [0.2, 0.25) is 0 Å². The van der Waals surface area contributed by atoms with E-state index in [4.69, 9.17) is 0 Å². The Morgan fingerprint density at radius 1 is 0.714 bits per heavy atom. The summed E-state index contributed by atoms with van der Waals surface area (Å²) in [6.45, 7) is -1.03. The fraction of sp³-hybridized carbons (Fsp3) is 0.786. The zero-order valence-electron chi connectivity index (χ0n) is 16.8. The number of amides is 2. The molecule has 0 bridgehead atoms. The van der Waals surface area contributed by atoms with Gasteiger partial charge in [-0.15, -0.1) is 0 Å². The van der Waals surface area contributed by atoms with Gasteiger partial charge >= 0.3 is 64.0 Å². The number of carbonyl (C=O) groups excluding carboxylic acids is 3. The number of unbranched alkanes of at least 4 members (excludes halogenated alkanes) is 1. The van der Waals surface area contributed by atoms with Gasteiger partial charge in [0.05, 0.1) is 12.0 Å². The molecule has 1 unspecified atom stereocenters. The summed E-state index contributed by atoms with van der Waals surface area (Å²) >= 11 is 7.67. The Morgan fingerprint density at radius 2 is 1.09 bits per heavy atom. The molecule has 2 amide bonds. The number of rotatable bonds is 13. The summed E-state index contributed by atoms with van der Waals surface area (Å²) in [5.41, 5.74) is 0. The molecule has 0 spiro atoms. The van der Waals surface area contributed by atoms with E-state index in [2.05, 4.69) is 23.2 Å². The predicted molar refractivity (Wildman–Crippen MR) is 85.2 cm³/mol. The van der Waals surface area contributed by atoms with Crippen LogP contribution in [0.3, 0.4) is 0 Å². The van der Waals surface area contributed by atoms with E-state index in [0.717, 1.165) is 10.6 Å². The SMILES string of the molecule is O=C([O-])C(CCCCNC(=O)C(F)(F)C(F)(F)C(F)(F)Cl)NC(=O)C(F)(F)C(F)(F)C(F)(F)Cl.[Na+]. The Hall–Kier alpha value is -0.850. The van der Waals surface area contributed by atoms with Crippen molar-refractivity contribution < 1.29 is 102 Å². The van der Waals surface area contributed by atoms with Gasteiger partial charge in [0.1, 0.15) is 0 Å². The third-order valence-electron chi connectivity index (χ3n) is 3.87. The third-order valence-corrected chi connectivity index (χ3v) is 4.34. The van der Waals surface area contributed by atoms with Crippen molar-refractivity contribution in [1.29, 1.82) is 0 Å². The molecule has 1 atom stereocenters. The smallest absolute Gasteiger partial charge is 0.548 e. The van der Waals surface area contributed by atoms with Crippen LogP contribution in [-0.2, 0) is 14.4 Å². The topological polar surface area (TPSA) is 98.3 Å². The molecule has 0 aromatic rings. The van der Waals surface area contributed by atoms with Crippen LogP contribution < -0.4 is 45.3 Å². The van der Waals surface area contributed by atoms with Crippen LogP contribution in [0, 0.1) is 0 Å². The average molecular weight is 593 g/mol. The number of alkyl halides is 14. The number of aliphatic carboxylic acids is 1. The minimum atomic E-state index is -6.47. The van der Waals surface area contributed by atoms with Crippen molar-refractivity contribution in [2.75, 3.05) is 6.54 Å². The fourth-order valence-corrected chi connectivity index (χ4v) is 2.16. The molecule has 0 aliphatic heterocycles. The van der Waals surface area contributed by atoms with Gasteiger partial charge in [0, 0.05) is 6.54 Å². The maximum atomic E-state index is 13.4. The van der Waals surface area contributed by atoms with Crippen molar-refractivity contribution >= 4 is 41.0 Å². The molecule has 0 saturated heterocycles. The summed E-state index contributed by atoms with van der Waals surface area (Å²) in [6.07, 6.45) is -2.34. The first-order valence-corrected chi connectivity index (χ1v) is 9.06. The zero-order chi connectivity index (χ0) is 27.6. The minimum Gasteiger partial charge on any atom is -0.548 e. The second kappa shape index (κ2) is 12.1. The molecule has 200 valence electrons.